The van der Waals surface area contributed by atoms with Gasteiger partial charge in [-0.05, 0) is 25.2 Å². The van der Waals surface area contributed by atoms with Crippen LogP contribution in [0.25, 0.3) is 4.85 Å². The SMILES string of the molecule is [C-]#[N+]CC[C@H]1CC[C@@H](NCC(=O)N2C[C@@H](F)C[C@H]2C#N)C1. The molecule has 1 amide bonds. The fourth-order valence-corrected chi connectivity index (χ4v) is 3.29. The maximum Gasteiger partial charge on any atom is 0.237 e. The van der Waals surface area contributed by atoms with E-state index in [9.17, 15) is 9.18 Å². The first-order valence-electron chi connectivity index (χ1n) is 7.53. The van der Waals surface area contributed by atoms with Gasteiger partial charge in [-0.2, -0.15) is 5.26 Å². The molecule has 6 heteroatoms. The van der Waals surface area contributed by atoms with Crippen molar-refractivity contribution in [1.82, 2.24) is 10.2 Å². The molecule has 0 radical (unpaired) electrons. The van der Waals surface area contributed by atoms with Crippen molar-refractivity contribution < 1.29 is 9.18 Å². The summed E-state index contributed by atoms with van der Waals surface area (Å²) in [6, 6.07) is 1.67. The van der Waals surface area contributed by atoms with E-state index in [1.165, 1.54) is 4.90 Å². The number of hydrogen-bond donors (Lipinski definition) is 1. The highest BCUT2D eigenvalue weighted by Gasteiger charge is 2.35. The molecule has 0 bridgehead atoms. The molecule has 21 heavy (non-hydrogen) atoms. The monoisotopic (exact) mass is 292 g/mol. The van der Waals surface area contributed by atoms with Gasteiger partial charge in [-0.3, -0.25) is 4.79 Å². The topological polar surface area (TPSA) is 60.5 Å². The van der Waals surface area contributed by atoms with Crippen molar-refractivity contribution >= 4 is 5.91 Å². The minimum absolute atomic E-state index is 0.0387. The molecule has 1 N–H and O–H groups in total. The quantitative estimate of drug-likeness (QED) is 0.782. The Morgan fingerprint density at radius 3 is 3.00 bits per heavy atom. The molecule has 0 aromatic heterocycles. The summed E-state index contributed by atoms with van der Waals surface area (Å²) in [7, 11) is 0. The Morgan fingerprint density at radius 2 is 2.29 bits per heavy atom. The molecule has 4 atom stereocenters. The maximum absolute atomic E-state index is 13.3. The van der Waals surface area contributed by atoms with Gasteiger partial charge in [-0.25, -0.2) is 11.0 Å². The van der Waals surface area contributed by atoms with Crippen LogP contribution in [-0.2, 0) is 4.79 Å². The van der Waals surface area contributed by atoms with Crippen LogP contribution in [0.1, 0.15) is 32.1 Å². The van der Waals surface area contributed by atoms with E-state index in [4.69, 9.17) is 11.8 Å². The minimum atomic E-state index is -1.08. The van der Waals surface area contributed by atoms with E-state index in [0.29, 0.717) is 18.5 Å². The lowest BCUT2D eigenvalue weighted by molar-refractivity contribution is -0.130. The summed E-state index contributed by atoms with van der Waals surface area (Å²) in [5, 5.41) is 12.2. The summed E-state index contributed by atoms with van der Waals surface area (Å²) >= 11 is 0. The highest BCUT2D eigenvalue weighted by Crippen LogP contribution is 2.28. The van der Waals surface area contributed by atoms with Crippen LogP contribution in [0.15, 0.2) is 0 Å². The molecule has 114 valence electrons. The van der Waals surface area contributed by atoms with Gasteiger partial charge < -0.3 is 15.1 Å². The average molecular weight is 292 g/mol. The molecule has 2 aliphatic rings. The van der Waals surface area contributed by atoms with E-state index in [-0.39, 0.29) is 25.4 Å². The maximum atomic E-state index is 13.3. The molecule has 1 aliphatic heterocycles. The van der Waals surface area contributed by atoms with E-state index < -0.39 is 12.2 Å². The molecule has 2 fully saturated rings. The van der Waals surface area contributed by atoms with Gasteiger partial charge in [0.2, 0.25) is 12.5 Å². The Bertz CT molecular complexity index is 456. The van der Waals surface area contributed by atoms with Crippen LogP contribution in [-0.4, -0.2) is 48.7 Å². The van der Waals surface area contributed by atoms with Crippen LogP contribution in [0.3, 0.4) is 0 Å². The number of halogens is 1. The van der Waals surface area contributed by atoms with Crippen molar-refractivity contribution in [2.24, 2.45) is 5.92 Å². The van der Waals surface area contributed by atoms with Crippen LogP contribution < -0.4 is 5.32 Å². The lowest BCUT2D eigenvalue weighted by Gasteiger charge is -2.21. The van der Waals surface area contributed by atoms with Crippen LogP contribution in [0.2, 0.25) is 0 Å². The normalized spacial score (nSPS) is 31.9. The number of carbonyl (C=O) groups is 1. The summed E-state index contributed by atoms with van der Waals surface area (Å²) in [5.74, 6) is 0.381. The molecule has 1 aliphatic carbocycles. The molecule has 5 nitrogen and oxygen atoms in total. The number of nitrogens with zero attached hydrogens (tertiary/aromatic N) is 3. The number of likely N-dealkylation sites (tertiary alicyclic amines) is 1. The second-order valence-corrected chi connectivity index (χ2v) is 5.95. The Balaban J connectivity index is 1.73. The zero-order valence-corrected chi connectivity index (χ0v) is 12.1. The van der Waals surface area contributed by atoms with Crippen LogP contribution in [0, 0.1) is 23.8 Å². The predicted octanol–water partition coefficient (Wildman–Crippen LogP) is 1.52. The summed E-state index contributed by atoms with van der Waals surface area (Å²) in [5.41, 5.74) is 0. The van der Waals surface area contributed by atoms with Gasteiger partial charge in [-0.15, -0.1) is 0 Å². The molecule has 0 aromatic carbocycles. The van der Waals surface area contributed by atoms with E-state index in [1.807, 2.05) is 6.07 Å². The smallest absolute Gasteiger partial charge is 0.237 e. The van der Waals surface area contributed by atoms with Crippen molar-refractivity contribution in [2.45, 2.75) is 50.4 Å². The summed E-state index contributed by atoms with van der Waals surface area (Å²) in [6.07, 6.45) is 3.09. The fourth-order valence-electron chi connectivity index (χ4n) is 3.29. The number of hydrogen-bond acceptors (Lipinski definition) is 3. The Hall–Kier alpha value is -1.66. The fraction of sp³-hybridized carbons (Fsp3) is 0.800. The molecular formula is C15H21FN4O. The molecular weight excluding hydrogens is 271 g/mol. The third-order valence-electron chi connectivity index (χ3n) is 4.45. The number of nitrogens with one attached hydrogen (secondary N) is 1. The van der Waals surface area contributed by atoms with Crippen molar-refractivity contribution in [1.29, 1.82) is 5.26 Å². The lowest BCUT2D eigenvalue weighted by Crippen LogP contribution is -2.43. The van der Waals surface area contributed by atoms with Crippen LogP contribution in [0.4, 0.5) is 4.39 Å². The van der Waals surface area contributed by atoms with Crippen molar-refractivity contribution in [3.05, 3.63) is 11.4 Å². The number of nitriles is 1. The Kier molecular flexibility index (Phi) is 5.52. The first-order valence-corrected chi connectivity index (χ1v) is 7.53. The Morgan fingerprint density at radius 1 is 1.48 bits per heavy atom. The Labute approximate surface area is 124 Å². The van der Waals surface area contributed by atoms with Gasteiger partial charge in [0.15, 0.2) is 0 Å². The predicted molar refractivity (Wildman–Crippen MR) is 75.8 cm³/mol. The highest BCUT2D eigenvalue weighted by molar-refractivity contribution is 5.79. The van der Waals surface area contributed by atoms with E-state index in [1.54, 1.807) is 0 Å². The van der Waals surface area contributed by atoms with E-state index in [0.717, 1.165) is 25.7 Å². The number of amides is 1. The largest absolute Gasteiger partial charge is 0.323 e. The third-order valence-corrected chi connectivity index (χ3v) is 4.45. The molecule has 1 saturated carbocycles. The van der Waals surface area contributed by atoms with E-state index in [2.05, 4.69) is 10.2 Å². The summed E-state index contributed by atoms with van der Waals surface area (Å²) in [6.45, 7) is 7.59. The lowest BCUT2D eigenvalue weighted by atomic mass is 10.0. The van der Waals surface area contributed by atoms with Gasteiger partial charge >= 0.3 is 0 Å². The number of alkyl halides is 1. The number of rotatable bonds is 5. The van der Waals surface area contributed by atoms with Crippen LogP contribution >= 0.6 is 0 Å². The number of carbonyl (C=O) groups excluding carboxylic acids is 1. The standard InChI is InChI=1S/C15H21FN4O/c1-18-5-4-11-2-3-13(6-11)19-9-15(21)20-10-12(16)7-14(20)8-17/h11-14,19H,2-7,9-10H2/t11-,12+,13-,14+/m1/s1. The second kappa shape index (κ2) is 7.38. The molecule has 1 saturated heterocycles. The molecule has 0 unspecified atom stereocenters. The van der Waals surface area contributed by atoms with Gasteiger partial charge in [-0.1, -0.05) is 0 Å². The van der Waals surface area contributed by atoms with Gasteiger partial charge in [0.25, 0.3) is 0 Å². The zero-order valence-electron chi connectivity index (χ0n) is 12.1. The first-order chi connectivity index (χ1) is 10.1. The van der Waals surface area contributed by atoms with Crippen LogP contribution in [0.5, 0.6) is 0 Å². The average Bonchev–Trinajstić information content (AvgIpc) is 3.08. The van der Waals surface area contributed by atoms with Crippen molar-refractivity contribution in [3.63, 3.8) is 0 Å². The molecule has 0 aromatic rings. The molecule has 2 rings (SSSR count). The highest BCUT2D eigenvalue weighted by atomic mass is 19.1. The molecule has 1 heterocycles. The van der Waals surface area contributed by atoms with Gasteiger partial charge in [0, 0.05) is 18.9 Å². The molecule has 0 spiro atoms. The van der Waals surface area contributed by atoms with Crippen molar-refractivity contribution in [2.75, 3.05) is 19.6 Å². The first kappa shape index (κ1) is 15.7. The zero-order chi connectivity index (χ0) is 15.2. The summed E-state index contributed by atoms with van der Waals surface area (Å²) < 4.78 is 13.3. The minimum Gasteiger partial charge on any atom is -0.323 e. The van der Waals surface area contributed by atoms with Gasteiger partial charge in [0.05, 0.1) is 19.2 Å². The second-order valence-electron chi connectivity index (χ2n) is 5.95. The van der Waals surface area contributed by atoms with E-state index >= 15 is 0 Å². The van der Waals surface area contributed by atoms with Gasteiger partial charge in [0.1, 0.15) is 12.2 Å². The van der Waals surface area contributed by atoms with Crippen molar-refractivity contribution in [3.8, 4) is 6.07 Å². The summed E-state index contributed by atoms with van der Waals surface area (Å²) in [4.78, 5) is 16.8. The third kappa shape index (κ3) is 4.15.